The van der Waals surface area contributed by atoms with E-state index in [1.807, 2.05) is 0 Å². The highest BCUT2D eigenvalue weighted by Crippen LogP contribution is 2.04. The molecule has 0 aromatic heterocycles. The number of hydrogen-bond acceptors (Lipinski definition) is 2. The molecule has 0 radical (unpaired) electrons. The average molecular weight is 173 g/mol. The van der Waals surface area contributed by atoms with Crippen molar-refractivity contribution in [3.8, 4) is 12.3 Å². The minimum Gasteiger partial charge on any atom is -0.313 e. The lowest BCUT2D eigenvalue weighted by molar-refractivity contribution is 0.0993. The average Bonchev–Trinajstić information content (AvgIpc) is 2.18. The van der Waals surface area contributed by atoms with E-state index in [1.54, 1.807) is 31.3 Å². The van der Waals surface area contributed by atoms with E-state index in [-0.39, 0.29) is 5.78 Å². The zero-order valence-electron chi connectivity index (χ0n) is 7.50. The second kappa shape index (κ2) is 4.44. The van der Waals surface area contributed by atoms with Crippen LogP contribution in [-0.2, 0) is 0 Å². The summed E-state index contributed by atoms with van der Waals surface area (Å²) in [5.74, 6) is 2.55. The number of ketones is 1. The van der Waals surface area contributed by atoms with Gasteiger partial charge in [0.05, 0.1) is 6.54 Å². The third-order valence-corrected chi connectivity index (χ3v) is 1.69. The van der Waals surface area contributed by atoms with Crippen LogP contribution < -0.4 is 5.32 Å². The summed E-state index contributed by atoms with van der Waals surface area (Å²) in [6.45, 7) is 0.341. The predicted octanol–water partition coefficient (Wildman–Crippen LogP) is 1.07. The van der Waals surface area contributed by atoms with Gasteiger partial charge in [0.2, 0.25) is 0 Å². The van der Waals surface area contributed by atoms with Crippen LogP contribution in [0.25, 0.3) is 0 Å². The van der Waals surface area contributed by atoms with Crippen molar-refractivity contribution in [3.05, 3.63) is 35.4 Å². The van der Waals surface area contributed by atoms with Gasteiger partial charge >= 0.3 is 0 Å². The fourth-order valence-electron chi connectivity index (χ4n) is 1.05. The van der Waals surface area contributed by atoms with E-state index in [1.165, 1.54) is 0 Å². The monoisotopic (exact) mass is 173 g/mol. The van der Waals surface area contributed by atoms with E-state index in [0.717, 1.165) is 5.56 Å². The zero-order chi connectivity index (χ0) is 9.68. The van der Waals surface area contributed by atoms with Crippen molar-refractivity contribution < 1.29 is 4.79 Å². The number of terminal acetylenes is 1. The summed E-state index contributed by atoms with van der Waals surface area (Å²) < 4.78 is 0. The lowest BCUT2D eigenvalue weighted by Crippen LogP contribution is -2.18. The van der Waals surface area contributed by atoms with Crippen LogP contribution >= 0.6 is 0 Å². The quantitative estimate of drug-likeness (QED) is 0.547. The SMILES string of the molecule is C#Cc1cccc(C(=O)CNC)c1. The number of rotatable bonds is 3. The van der Waals surface area contributed by atoms with Gasteiger partial charge in [-0.1, -0.05) is 18.1 Å². The van der Waals surface area contributed by atoms with Gasteiger partial charge in [-0.3, -0.25) is 4.79 Å². The Kier molecular flexibility index (Phi) is 3.24. The molecule has 0 unspecified atom stereocenters. The van der Waals surface area contributed by atoms with Crippen LogP contribution in [0, 0.1) is 12.3 Å². The van der Waals surface area contributed by atoms with Gasteiger partial charge in [-0.25, -0.2) is 0 Å². The molecule has 0 atom stereocenters. The molecular weight excluding hydrogens is 162 g/mol. The topological polar surface area (TPSA) is 29.1 Å². The normalized spacial score (nSPS) is 9.23. The molecule has 0 saturated heterocycles. The van der Waals surface area contributed by atoms with Crippen molar-refractivity contribution in [2.45, 2.75) is 0 Å². The Morgan fingerprint density at radius 2 is 2.38 bits per heavy atom. The van der Waals surface area contributed by atoms with Crippen LogP contribution in [0.5, 0.6) is 0 Å². The van der Waals surface area contributed by atoms with Gasteiger partial charge in [-0.15, -0.1) is 6.42 Å². The van der Waals surface area contributed by atoms with Crippen molar-refractivity contribution in [1.29, 1.82) is 0 Å². The molecule has 0 saturated carbocycles. The highest BCUT2D eigenvalue weighted by Gasteiger charge is 2.03. The molecule has 13 heavy (non-hydrogen) atoms. The Bertz CT molecular complexity index is 349. The third kappa shape index (κ3) is 2.43. The molecule has 1 aromatic rings. The molecule has 66 valence electrons. The molecule has 1 N–H and O–H groups in total. The summed E-state index contributed by atoms with van der Waals surface area (Å²) in [6.07, 6.45) is 5.22. The number of hydrogen-bond donors (Lipinski definition) is 1. The Morgan fingerprint density at radius 1 is 1.62 bits per heavy atom. The lowest BCUT2D eigenvalue weighted by Gasteiger charge is -1.99. The fourth-order valence-corrected chi connectivity index (χ4v) is 1.05. The summed E-state index contributed by atoms with van der Waals surface area (Å²) in [4.78, 5) is 11.4. The maximum Gasteiger partial charge on any atom is 0.176 e. The maximum atomic E-state index is 11.4. The van der Waals surface area contributed by atoms with Crippen molar-refractivity contribution in [1.82, 2.24) is 5.32 Å². The molecule has 0 amide bonds. The summed E-state index contributed by atoms with van der Waals surface area (Å²) >= 11 is 0. The van der Waals surface area contributed by atoms with Gasteiger partial charge in [0.25, 0.3) is 0 Å². The molecule has 0 heterocycles. The number of Topliss-reactive ketones (excluding diaryl/α,β-unsaturated/α-hetero) is 1. The summed E-state index contributed by atoms with van der Waals surface area (Å²) in [5.41, 5.74) is 1.40. The van der Waals surface area contributed by atoms with Crippen LogP contribution in [0.4, 0.5) is 0 Å². The largest absolute Gasteiger partial charge is 0.313 e. The molecule has 0 bridgehead atoms. The first kappa shape index (κ1) is 9.50. The van der Waals surface area contributed by atoms with Gasteiger partial charge in [-0.2, -0.15) is 0 Å². The van der Waals surface area contributed by atoms with E-state index < -0.39 is 0 Å². The highest BCUT2D eigenvalue weighted by atomic mass is 16.1. The Balaban J connectivity index is 2.90. The minimum absolute atomic E-state index is 0.0552. The minimum atomic E-state index is 0.0552. The molecular formula is C11H11NO. The Labute approximate surface area is 78.0 Å². The molecule has 0 spiro atoms. The van der Waals surface area contributed by atoms with Crippen molar-refractivity contribution in [3.63, 3.8) is 0 Å². The van der Waals surface area contributed by atoms with Crippen molar-refractivity contribution >= 4 is 5.78 Å². The Hall–Kier alpha value is -1.59. The lowest BCUT2D eigenvalue weighted by atomic mass is 10.1. The van der Waals surface area contributed by atoms with Crippen molar-refractivity contribution in [2.75, 3.05) is 13.6 Å². The number of carbonyl (C=O) groups excluding carboxylic acids is 1. The third-order valence-electron chi connectivity index (χ3n) is 1.69. The Morgan fingerprint density at radius 3 is 3.00 bits per heavy atom. The molecule has 0 aliphatic heterocycles. The van der Waals surface area contributed by atoms with Gasteiger partial charge in [0.1, 0.15) is 0 Å². The summed E-state index contributed by atoms with van der Waals surface area (Å²) in [6, 6.07) is 7.08. The molecule has 1 aromatic carbocycles. The second-order valence-electron chi connectivity index (χ2n) is 2.68. The van der Waals surface area contributed by atoms with Crippen LogP contribution in [-0.4, -0.2) is 19.4 Å². The van der Waals surface area contributed by atoms with Gasteiger partial charge in [-0.05, 0) is 19.2 Å². The maximum absolute atomic E-state index is 11.4. The van der Waals surface area contributed by atoms with E-state index in [4.69, 9.17) is 6.42 Å². The molecule has 0 aliphatic rings. The predicted molar refractivity (Wildman–Crippen MR) is 52.6 cm³/mol. The fraction of sp³-hybridized carbons (Fsp3) is 0.182. The van der Waals surface area contributed by atoms with E-state index in [2.05, 4.69) is 11.2 Å². The van der Waals surface area contributed by atoms with Gasteiger partial charge in [0, 0.05) is 11.1 Å². The van der Waals surface area contributed by atoms with Gasteiger partial charge < -0.3 is 5.32 Å². The van der Waals surface area contributed by atoms with Crippen LogP contribution in [0.3, 0.4) is 0 Å². The van der Waals surface area contributed by atoms with Crippen LogP contribution in [0.15, 0.2) is 24.3 Å². The summed E-state index contributed by atoms with van der Waals surface area (Å²) in [5, 5.41) is 2.80. The zero-order valence-corrected chi connectivity index (χ0v) is 7.50. The first-order valence-electron chi connectivity index (χ1n) is 4.02. The van der Waals surface area contributed by atoms with E-state index in [9.17, 15) is 4.79 Å². The van der Waals surface area contributed by atoms with E-state index in [0.29, 0.717) is 12.1 Å². The molecule has 2 heteroatoms. The first-order valence-corrected chi connectivity index (χ1v) is 4.02. The smallest absolute Gasteiger partial charge is 0.176 e. The number of likely N-dealkylation sites (N-methyl/N-ethyl adjacent to an activating group) is 1. The molecule has 0 fully saturated rings. The first-order chi connectivity index (χ1) is 6.27. The second-order valence-corrected chi connectivity index (χ2v) is 2.68. The molecule has 2 nitrogen and oxygen atoms in total. The molecule has 0 aliphatic carbocycles. The summed E-state index contributed by atoms with van der Waals surface area (Å²) in [7, 11) is 1.74. The number of carbonyl (C=O) groups is 1. The number of benzene rings is 1. The highest BCUT2D eigenvalue weighted by molar-refractivity contribution is 5.97. The van der Waals surface area contributed by atoms with E-state index >= 15 is 0 Å². The molecule has 1 rings (SSSR count). The van der Waals surface area contributed by atoms with Crippen LogP contribution in [0.1, 0.15) is 15.9 Å². The number of nitrogens with one attached hydrogen (secondary N) is 1. The van der Waals surface area contributed by atoms with Gasteiger partial charge in [0.15, 0.2) is 5.78 Å². The standard InChI is InChI=1S/C11H11NO/c1-3-9-5-4-6-10(7-9)11(13)8-12-2/h1,4-7,12H,8H2,2H3. The van der Waals surface area contributed by atoms with Crippen molar-refractivity contribution in [2.24, 2.45) is 0 Å². The van der Waals surface area contributed by atoms with Crippen LogP contribution in [0.2, 0.25) is 0 Å².